The molecule has 0 saturated carbocycles. The lowest BCUT2D eigenvalue weighted by Crippen LogP contribution is -2.14. The molecule has 0 bridgehead atoms. The van der Waals surface area contributed by atoms with E-state index >= 15 is 0 Å². The largest absolute Gasteiger partial charge is 0.490 e. The van der Waals surface area contributed by atoms with Crippen LogP contribution in [-0.4, -0.2) is 24.2 Å². The van der Waals surface area contributed by atoms with Crippen molar-refractivity contribution in [3.63, 3.8) is 0 Å². The number of amides is 1. The highest BCUT2D eigenvalue weighted by Gasteiger charge is 2.13. The summed E-state index contributed by atoms with van der Waals surface area (Å²) in [6.07, 6.45) is 1.54. The maximum absolute atomic E-state index is 12.1. The number of hydrogen-bond acceptors (Lipinski definition) is 3. The van der Waals surface area contributed by atoms with Crippen molar-refractivity contribution in [2.45, 2.75) is 0 Å². The number of nitrogens with zero attached hydrogens (tertiary/aromatic N) is 1. The average Bonchev–Trinajstić information content (AvgIpc) is 2.35. The van der Waals surface area contributed by atoms with Gasteiger partial charge in [-0.3, -0.25) is 9.78 Å². The summed E-state index contributed by atoms with van der Waals surface area (Å²) in [5.41, 5.74) is 5.97. The van der Waals surface area contributed by atoms with E-state index in [9.17, 15) is 9.18 Å². The van der Waals surface area contributed by atoms with Crippen LogP contribution in [0.2, 0.25) is 5.02 Å². The summed E-state index contributed by atoms with van der Waals surface area (Å²) in [5.74, 6) is -0.451. The molecule has 0 fully saturated rings. The van der Waals surface area contributed by atoms with Crippen LogP contribution >= 0.6 is 11.6 Å². The molecule has 0 aliphatic rings. The van der Waals surface area contributed by atoms with Crippen LogP contribution in [0.3, 0.4) is 0 Å². The van der Waals surface area contributed by atoms with E-state index in [2.05, 4.69) is 4.98 Å². The lowest BCUT2D eigenvalue weighted by molar-refractivity contribution is 0.0996. The van der Waals surface area contributed by atoms with Gasteiger partial charge < -0.3 is 10.5 Å². The predicted molar refractivity (Wildman–Crippen MR) is 66.7 cm³/mol. The third-order valence-electron chi connectivity index (χ3n) is 2.39. The second kappa shape index (κ2) is 5.18. The van der Waals surface area contributed by atoms with Crippen molar-refractivity contribution >= 4 is 28.4 Å². The zero-order valence-electron chi connectivity index (χ0n) is 9.32. The number of halogens is 2. The van der Waals surface area contributed by atoms with Gasteiger partial charge in [0.25, 0.3) is 5.91 Å². The molecule has 4 nitrogen and oxygen atoms in total. The monoisotopic (exact) mass is 268 g/mol. The highest BCUT2D eigenvalue weighted by Crippen LogP contribution is 2.29. The number of pyridine rings is 1. The number of rotatable bonds is 4. The first kappa shape index (κ1) is 12.6. The van der Waals surface area contributed by atoms with Crippen LogP contribution in [0.5, 0.6) is 5.75 Å². The van der Waals surface area contributed by atoms with Gasteiger partial charge in [0.15, 0.2) is 0 Å². The van der Waals surface area contributed by atoms with Gasteiger partial charge >= 0.3 is 0 Å². The minimum atomic E-state index is -0.661. The Balaban J connectivity index is 2.61. The molecule has 0 spiro atoms. The first-order chi connectivity index (χ1) is 8.63. The van der Waals surface area contributed by atoms with E-state index in [1.165, 1.54) is 18.3 Å². The van der Waals surface area contributed by atoms with E-state index in [-0.39, 0.29) is 17.9 Å². The molecule has 0 unspecified atom stereocenters. The van der Waals surface area contributed by atoms with Crippen molar-refractivity contribution in [2.75, 3.05) is 13.3 Å². The average molecular weight is 269 g/mol. The number of carbonyl (C=O) groups excluding carboxylic acids is 1. The summed E-state index contributed by atoms with van der Waals surface area (Å²) >= 11 is 6.00. The molecule has 2 N–H and O–H groups in total. The maximum atomic E-state index is 12.1. The van der Waals surface area contributed by atoms with E-state index < -0.39 is 12.6 Å². The molecule has 0 radical (unpaired) electrons. The Morgan fingerprint density at radius 3 is 2.94 bits per heavy atom. The van der Waals surface area contributed by atoms with Crippen molar-refractivity contribution in [1.29, 1.82) is 0 Å². The van der Waals surface area contributed by atoms with E-state index in [0.29, 0.717) is 15.9 Å². The summed E-state index contributed by atoms with van der Waals surface area (Å²) in [7, 11) is 0. The van der Waals surface area contributed by atoms with E-state index in [0.717, 1.165) is 0 Å². The quantitative estimate of drug-likeness (QED) is 0.925. The first-order valence-corrected chi connectivity index (χ1v) is 5.58. The zero-order chi connectivity index (χ0) is 13.1. The molecule has 6 heteroatoms. The van der Waals surface area contributed by atoms with Gasteiger partial charge in [0.05, 0.1) is 16.1 Å². The molecule has 94 valence electrons. The molecule has 0 saturated heterocycles. The van der Waals surface area contributed by atoms with E-state index in [1.807, 2.05) is 0 Å². The number of aromatic nitrogens is 1. The summed E-state index contributed by atoms with van der Waals surface area (Å²) in [6, 6.07) is 4.63. The third kappa shape index (κ3) is 2.36. The third-order valence-corrected chi connectivity index (χ3v) is 2.72. The number of ether oxygens (including phenoxy) is 1. The molecule has 2 rings (SSSR count). The van der Waals surface area contributed by atoms with Gasteiger partial charge in [-0.15, -0.1) is 0 Å². The van der Waals surface area contributed by atoms with Crippen molar-refractivity contribution in [2.24, 2.45) is 5.73 Å². The van der Waals surface area contributed by atoms with E-state index in [1.54, 1.807) is 6.07 Å². The number of hydrogen-bond donors (Lipinski definition) is 1. The van der Waals surface area contributed by atoms with E-state index in [4.69, 9.17) is 22.1 Å². The van der Waals surface area contributed by atoms with Crippen molar-refractivity contribution in [1.82, 2.24) is 4.98 Å². The Morgan fingerprint density at radius 2 is 2.28 bits per heavy atom. The lowest BCUT2D eigenvalue weighted by atomic mass is 10.1. The topological polar surface area (TPSA) is 65.2 Å². The summed E-state index contributed by atoms with van der Waals surface area (Å²) < 4.78 is 17.2. The minimum Gasteiger partial charge on any atom is -0.490 e. The molecule has 1 amide bonds. The molecule has 18 heavy (non-hydrogen) atoms. The molecule has 1 aromatic carbocycles. The van der Waals surface area contributed by atoms with Crippen LogP contribution in [0, 0.1) is 0 Å². The maximum Gasteiger partial charge on any atom is 0.252 e. The number of alkyl halides is 1. The molecular formula is C12H10ClFN2O2. The van der Waals surface area contributed by atoms with Crippen LogP contribution in [0.4, 0.5) is 4.39 Å². The Labute approximate surface area is 108 Å². The molecule has 0 atom stereocenters. The fourth-order valence-electron chi connectivity index (χ4n) is 1.60. The number of nitrogens with two attached hydrogens (primary N) is 1. The van der Waals surface area contributed by atoms with Crippen LogP contribution in [-0.2, 0) is 0 Å². The number of primary amides is 1. The minimum absolute atomic E-state index is 0.146. The van der Waals surface area contributed by atoms with Gasteiger partial charge in [-0.25, -0.2) is 4.39 Å². The van der Waals surface area contributed by atoms with Gasteiger partial charge in [-0.1, -0.05) is 11.6 Å². The Hall–Kier alpha value is -1.88. The van der Waals surface area contributed by atoms with Crippen molar-refractivity contribution < 1.29 is 13.9 Å². The summed E-state index contributed by atoms with van der Waals surface area (Å²) in [6.45, 7) is -0.800. The second-order valence-corrected chi connectivity index (χ2v) is 3.97. The van der Waals surface area contributed by atoms with Crippen molar-refractivity contribution in [3.05, 3.63) is 35.0 Å². The Kier molecular flexibility index (Phi) is 3.62. The van der Waals surface area contributed by atoms with Gasteiger partial charge in [0.1, 0.15) is 19.0 Å². The first-order valence-electron chi connectivity index (χ1n) is 5.20. The summed E-state index contributed by atoms with van der Waals surface area (Å²) in [5, 5.41) is 1.06. The molecule has 2 aromatic rings. The lowest BCUT2D eigenvalue weighted by Gasteiger charge is -2.10. The molecule has 1 heterocycles. The Bertz CT molecular complexity index is 604. The van der Waals surface area contributed by atoms with Crippen LogP contribution in [0.1, 0.15) is 10.4 Å². The van der Waals surface area contributed by atoms with Gasteiger partial charge in [0, 0.05) is 17.6 Å². The van der Waals surface area contributed by atoms with Crippen LogP contribution in [0.25, 0.3) is 10.9 Å². The van der Waals surface area contributed by atoms with Gasteiger partial charge in [0.2, 0.25) is 0 Å². The van der Waals surface area contributed by atoms with Gasteiger partial charge in [-0.2, -0.15) is 0 Å². The molecular weight excluding hydrogens is 259 g/mol. The number of fused-ring (bicyclic) bond motifs is 1. The molecule has 0 aliphatic heterocycles. The Morgan fingerprint density at radius 1 is 1.50 bits per heavy atom. The normalized spacial score (nSPS) is 10.6. The van der Waals surface area contributed by atoms with Crippen molar-refractivity contribution in [3.8, 4) is 5.75 Å². The number of carbonyl (C=O) groups is 1. The fourth-order valence-corrected chi connectivity index (χ4v) is 1.81. The summed E-state index contributed by atoms with van der Waals surface area (Å²) in [4.78, 5) is 15.4. The predicted octanol–water partition coefficient (Wildman–Crippen LogP) is 2.34. The highest BCUT2D eigenvalue weighted by atomic mass is 35.5. The van der Waals surface area contributed by atoms with Crippen LogP contribution in [0.15, 0.2) is 24.4 Å². The fraction of sp³-hybridized carbons (Fsp3) is 0.167. The smallest absolute Gasteiger partial charge is 0.252 e. The molecule has 0 aliphatic carbocycles. The zero-order valence-corrected chi connectivity index (χ0v) is 10.1. The molecule has 1 aromatic heterocycles. The SMILES string of the molecule is NC(=O)c1cc2c(Cl)ccnc2cc1OCCF. The highest BCUT2D eigenvalue weighted by molar-refractivity contribution is 6.35. The van der Waals surface area contributed by atoms with Gasteiger partial charge in [-0.05, 0) is 12.1 Å². The number of benzene rings is 1. The standard InChI is InChI=1S/C12H10ClFN2O2/c13-9-1-3-16-10-6-11(18-4-2-14)8(12(15)17)5-7(9)10/h1,3,5-6H,2,4H2,(H2,15,17). The van der Waals surface area contributed by atoms with Crippen LogP contribution < -0.4 is 10.5 Å². The second-order valence-electron chi connectivity index (χ2n) is 3.56.